The smallest absolute Gasteiger partial charge is 0.337 e. The maximum atomic E-state index is 12.0. The van der Waals surface area contributed by atoms with Crippen LogP contribution >= 0.6 is 0 Å². The van der Waals surface area contributed by atoms with Gasteiger partial charge >= 0.3 is 5.97 Å². The topological polar surface area (TPSA) is 83.8 Å². The van der Waals surface area contributed by atoms with Gasteiger partial charge in [0.1, 0.15) is 6.10 Å². The Labute approximate surface area is 116 Å². The minimum absolute atomic E-state index is 0.0371. The summed E-state index contributed by atoms with van der Waals surface area (Å²) in [6, 6.07) is 0. The van der Waals surface area contributed by atoms with Crippen LogP contribution in [0.25, 0.3) is 0 Å². The summed E-state index contributed by atoms with van der Waals surface area (Å²) in [6.07, 6.45) is -0.513. The first-order chi connectivity index (χ1) is 9.27. The van der Waals surface area contributed by atoms with Crippen molar-refractivity contribution in [2.75, 3.05) is 0 Å². The fourth-order valence-corrected chi connectivity index (χ4v) is 3.69. The number of ketones is 1. The molecule has 1 heterocycles. The SMILES string of the molecule is CC1=C2C3=C(C)C(=O)OC3(O)C(O)CC(C)C2CC1=O. The van der Waals surface area contributed by atoms with Gasteiger partial charge in [-0.1, -0.05) is 6.92 Å². The number of aliphatic hydroxyl groups excluding tert-OH is 1. The van der Waals surface area contributed by atoms with E-state index in [1.54, 1.807) is 13.8 Å². The van der Waals surface area contributed by atoms with Crippen LogP contribution in [-0.2, 0) is 14.3 Å². The molecule has 20 heavy (non-hydrogen) atoms. The van der Waals surface area contributed by atoms with E-state index >= 15 is 0 Å². The Morgan fingerprint density at radius 2 is 1.90 bits per heavy atom. The van der Waals surface area contributed by atoms with Crippen molar-refractivity contribution in [1.29, 1.82) is 0 Å². The van der Waals surface area contributed by atoms with Crippen LogP contribution in [0.2, 0.25) is 0 Å². The molecule has 0 spiro atoms. The molecule has 0 saturated heterocycles. The van der Waals surface area contributed by atoms with Crippen molar-refractivity contribution in [1.82, 2.24) is 0 Å². The van der Waals surface area contributed by atoms with Crippen molar-refractivity contribution in [2.24, 2.45) is 11.8 Å². The summed E-state index contributed by atoms with van der Waals surface area (Å²) in [5.74, 6) is -2.63. The molecule has 0 aromatic heterocycles. The summed E-state index contributed by atoms with van der Waals surface area (Å²) in [7, 11) is 0. The van der Waals surface area contributed by atoms with Crippen molar-refractivity contribution < 1.29 is 24.5 Å². The standard InChI is InChI=1S/C15H18O5/c1-6-4-11(17)15(19)13(8(3)14(18)20-15)12-7(2)10(16)5-9(6)12/h6,9,11,17,19H,4-5H2,1-3H3. The lowest BCUT2D eigenvalue weighted by Gasteiger charge is -2.28. The van der Waals surface area contributed by atoms with Crippen molar-refractivity contribution in [2.45, 2.75) is 45.5 Å². The van der Waals surface area contributed by atoms with Gasteiger partial charge < -0.3 is 14.9 Å². The maximum absolute atomic E-state index is 12.0. The number of aliphatic hydroxyl groups is 2. The highest BCUT2D eigenvalue weighted by Gasteiger charge is 2.57. The van der Waals surface area contributed by atoms with Crippen LogP contribution in [0.4, 0.5) is 0 Å². The van der Waals surface area contributed by atoms with Crippen molar-refractivity contribution >= 4 is 11.8 Å². The van der Waals surface area contributed by atoms with E-state index in [0.717, 1.165) is 0 Å². The Kier molecular flexibility index (Phi) is 2.72. The maximum Gasteiger partial charge on any atom is 0.337 e. The van der Waals surface area contributed by atoms with Gasteiger partial charge in [0.2, 0.25) is 0 Å². The zero-order valence-electron chi connectivity index (χ0n) is 11.8. The third-order valence-electron chi connectivity index (χ3n) is 4.89. The van der Waals surface area contributed by atoms with Gasteiger partial charge in [-0.25, -0.2) is 4.79 Å². The first-order valence-electron chi connectivity index (χ1n) is 6.86. The van der Waals surface area contributed by atoms with Gasteiger partial charge in [0.05, 0.1) is 0 Å². The number of rotatable bonds is 0. The molecule has 4 atom stereocenters. The van der Waals surface area contributed by atoms with Gasteiger partial charge in [-0.15, -0.1) is 0 Å². The fraction of sp³-hybridized carbons (Fsp3) is 0.600. The molecular weight excluding hydrogens is 260 g/mol. The molecule has 0 bridgehead atoms. The molecular formula is C15H18O5. The van der Waals surface area contributed by atoms with E-state index in [1.807, 2.05) is 6.92 Å². The summed E-state index contributed by atoms with van der Waals surface area (Å²) in [5, 5.41) is 20.9. The third kappa shape index (κ3) is 1.50. The summed E-state index contributed by atoms with van der Waals surface area (Å²) >= 11 is 0. The molecule has 0 aromatic rings. The number of esters is 1. The summed E-state index contributed by atoms with van der Waals surface area (Å²) < 4.78 is 5.04. The Balaban J connectivity index is 2.29. The lowest BCUT2D eigenvalue weighted by molar-refractivity contribution is -0.216. The zero-order valence-corrected chi connectivity index (χ0v) is 11.8. The Hall–Kier alpha value is -1.46. The van der Waals surface area contributed by atoms with Gasteiger partial charge in [-0.05, 0) is 43.3 Å². The van der Waals surface area contributed by atoms with Crippen LogP contribution in [0.5, 0.6) is 0 Å². The van der Waals surface area contributed by atoms with Gasteiger partial charge in [0.15, 0.2) is 5.78 Å². The molecule has 0 amide bonds. The number of carbonyl (C=O) groups is 2. The van der Waals surface area contributed by atoms with Gasteiger partial charge in [0.25, 0.3) is 5.79 Å². The molecule has 3 rings (SSSR count). The summed E-state index contributed by atoms with van der Waals surface area (Å²) in [5.41, 5.74) is 1.87. The third-order valence-corrected chi connectivity index (χ3v) is 4.89. The number of hydrogen-bond donors (Lipinski definition) is 2. The minimum Gasteiger partial charge on any atom is -0.422 e. The second kappa shape index (κ2) is 4.02. The number of ether oxygens (including phenoxy) is 1. The molecule has 1 aliphatic heterocycles. The predicted molar refractivity (Wildman–Crippen MR) is 69.3 cm³/mol. The molecule has 5 heteroatoms. The van der Waals surface area contributed by atoms with E-state index in [0.29, 0.717) is 23.1 Å². The monoisotopic (exact) mass is 278 g/mol. The minimum atomic E-state index is -2.01. The van der Waals surface area contributed by atoms with Crippen LogP contribution in [0.15, 0.2) is 22.3 Å². The lowest BCUT2D eigenvalue weighted by atomic mass is 9.84. The zero-order chi connectivity index (χ0) is 14.8. The molecule has 4 unspecified atom stereocenters. The van der Waals surface area contributed by atoms with E-state index in [9.17, 15) is 19.8 Å². The predicted octanol–water partition coefficient (Wildman–Crippen LogP) is 0.855. The Morgan fingerprint density at radius 3 is 2.55 bits per heavy atom. The largest absolute Gasteiger partial charge is 0.422 e. The lowest BCUT2D eigenvalue weighted by Crippen LogP contribution is -2.44. The number of allylic oxidation sites excluding steroid dienone is 1. The van der Waals surface area contributed by atoms with Crippen LogP contribution in [0, 0.1) is 11.8 Å². The van der Waals surface area contributed by atoms with Crippen LogP contribution in [-0.4, -0.2) is 33.9 Å². The average Bonchev–Trinajstić information content (AvgIpc) is 2.75. The number of fused-ring (bicyclic) bond motifs is 3. The summed E-state index contributed by atoms with van der Waals surface area (Å²) in [4.78, 5) is 23.8. The first-order valence-corrected chi connectivity index (χ1v) is 6.86. The van der Waals surface area contributed by atoms with Gasteiger partial charge in [-0.3, -0.25) is 4.79 Å². The van der Waals surface area contributed by atoms with E-state index < -0.39 is 17.9 Å². The molecule has 0 radical (unpaired) electrons. The van der Waals surface area contributed by atoms with E-state index in [-0.39, 0.29) is 29.6 Å². The molecule has 108 valence electrons. The van der Waals surface area contributed by atoms with Crippen LogP contribution < -0.4 is 0 Å². The molecule has 2 N–H and O–H groups in total. The quantitative estimate of drug-likeness (QED) is 0.642. The Bertz CT molecular complexity index is 585. The highest BCUT2D eigenvalue weighted by molar-refractivity contribution is 6.02. The van der Waals surface area contributed by atoms with E-state index in [1.165, 1.54) is 0 Å². The average molecular weight is 278 g/mol. The second-order valence-electron chi connectivity index (χ2n) is 6.09. The molecule has 5 nitrogen and oxygen atoms in total. The number of hydrogen-bond acceptors (Lipinski definition) is 5. The summed E-state index contributed by atoms with van der Waals surface area (Å²) in [6.45, 7) is 5.23. The highest BCUT2D eigenvalue weighted by Crippen LogP contribution is 2.51. The van der Waals surface area contributed by atoms with Crippen LogP contribution in [0.3, 0.4) is 0 Å². The van der Waals surface area contributed by atoms with Crippen molar-refractivity contribution in [3.8, 4) is 0 Å². The van der Waals surface area contributed by atoms with E-state index in [4.69, 9.17) is 4.74 Å². The van der Waals surface area contributed by atoms with E-state index in [2.05, 4.69) is 0 Å². The normalized spacial score (nSPS) is 40.8. The van der Waals surface area contributed by atoms with Gasteiger partial charge in [0, 0.05) is 17.6 Å². The molecule has 1 fully saturated rings. The highest BCUT2D eigenvalue weighted by atomic mass is 16.7. The number of carbonyl (C=O) groups excluding carboxylic acids is 2. The van der Waals surface area contributed by atoms with Crippen molar-refractivity contribution in [3.63, 3.8) is 0 Å². The first kappa shape index (κ1) is 13.5. The van der Waals surface area contributed by atoms with Crippen molar-refractivity contribution in [3.05, 3.63) is 22.3 Å². The molecule has 0 aromatic carbocycles. The second-order valence-corrected chi connectivity index (χ2v) is 6.09. The van der Waals surface area contributed by atoms with Gasteiger partial charge in [-0.2, -0.15) is 0 Å². The van der Waals surface area contributed by atoms with Crippen LogP contribution in [0.1, 0.15) is 33.6 Å². The number of Topliss-reactive ketones (excluding diaryl/α,β-unsaturated/α-hetero) is 1. The fourth-order valence-electron chi connectivity index (χ4n) is 3.69. The molecule has 3 aliphatic rings. The molecule has 1 saturated carbocycles. The Morgan fingerprint density at radius 1 is 1.25 bits per heavy atom. The molecule has 2 aliphatic carbocycles.